The SMILES string of the molecule is CO[Si](Cn1cccc1C(=O)C=O)(OC)OC. The van der Waals surface area contributed by atoms with Gasteiger partial charge in [-0.3, -0.25) is 9.59 Å². The molecular weight excluding hydrogens is 242 g/mol. The molecule has 0 atom stereocenters. The predicted molar refractivity (Wildman–Crippen MR) is 61.6 cm³/mol. The Labute approximate surface area is 100 Å². The van der Waals surface area contributed by atoms with Crippen molar-refractivity contribution in [2.24, 2.45) is 0 Å². The summed E-state index contributed by atoms with van der Waals surface area (Å²) in [5.41, 5.74) is 0.294. The van der Waals surface area contributed by atoms with E-state index < -0.39 is 14.6 Å². The first kappa shape index (κ1) is 13.8. The quantitative estimate of drug-likeness (QED) is 0.304. The van der Waals surface area contributed by atoms with Crippen molar-refractivity contribution < 1.29 is 22.9 Å². The number of Topliss-reactive ketones (excluding diaryl/α,β-unsaturated/α-hetero) is 1. The minimum atomic E-state index is -2.82. The number of aldehydes is 1. The molecule has 0 aliphatic rings. The summed E-state index contributed by atoms with van der Waals surface area (Å²) in [5.74, 6) is -0.582. The summed E-state index contributed by atoms with van der Waals surface area (Å²) in [5, 5.41) is 0. The van der Waals surface area contributed by atoms with Crippen LogP contribution in [0, 0.1) is 0 Å². The Hall–Kier alpha value is -1.28. The lowest BCUT2D eigenvalue weighted by Crippen LogP contribution is -2.47. The summed E-state index contributed by atoms with van der Waals surface area (Å²) in [7, 11) is 1.65. The van der Waals surface area contributed by atoms with Gasteiger partial charge in [0.1, 0.15) is 0 Å². The fourth-order valence-electron chi connectivity index (χ4n) is 1.49. The Balaban J connectivity index is 2.98. The first-order chi connectivity index (χ1) is 8.12. The normalized spacial score (nSPS) is 11.5. The zero-order valence-corrected chi connectivity index (χ0v) is 11.0. The molecule has 1 aromatic heterocycles. The van der Waals surface area contributed by atoms with E-state index in [-0.39, 0.29) is 12.5 Å². The summed E-state index contributed by atoms with van der Waals surface area (Å²) in [4.78, 5) is 21.8. The van der Waals surface area contributed by atoms with E-state index in [0.717, 1.165) is 0 Å². The Morgan fingerprint density at radius 3 is 2.41 bits per heavy atom. The van der Waals surface area contributed by atoms with Gasteiger partial charge in [-0.1, -0.05) is 0 Å². The second-order valence-electron chi connectivity index (χ2n) is 3.30. The van der Waals surface area contributed by atoms with E-state index in [1.165, 1.54) is 21.3 Å². The molecule has 0 amide bonds. The Morgan fingerprint density at radius 2 is 1.94 bits per heavy atom. The van der Waals surface area contributed by atoms with Crippen LogP contribution in [0.25, 0.3) is 0 Å². The fraction of sp³-hybridized carbons (Fsp3) is 0.400. The number of rotatable bonds is 7. The van der Waals surface area contributed by atoms with Crippen molar-refractivity contribution in [2.75, 3.05) is 21.3 Å². The minimum absolute atomic E-state index is 0.276. The summed E-state index contributed by atoms with van der Waals surface area (Å²) < 4.78 is 17.4. The molecule has 0 unspecified atom stereocenters. The molecule has 17 heavy (non-hydrogen) atoms. The van der Waals surface area contributed by atoms with Gasteiger partial charge in [0.2, 0.25) is 5.78 Å². The van der Waals surface area contributed by atoms with Gasteiger partial charge in [0.05, 0.1) is 11.9 Å². The van der Waals surface area contributed by atoms with E-state index in [0.29, 0.717) is 5.69 Å². The van der Waals surface area contributed by atoms with Crippen LogP contribution in [0.1, 0.15) is 10.5 Å². The molecule has 6 nitrogen and oxygen atoms in total. The van der Waals surface area contributed by atoms with Crippen LogP contribution in [0.4, 0.5) is 0 Å². The molecule has 1 heterocycles. The summed E-state index contributed by atoms with van der Waals surface area (Å²) in [6, 6.07) is 3.24. The molecule has 0 saturated heterocycles. The lowest BCUT2D eigenvalue weighted by molar-refractivity contribution is -0.104. The third-order valence-corrected chi connectivity index (χ3v) is 5.08. The van der Waals surface area contributed by atoms with Crippen LogP contribution < -0.4 is 0 Å². The van der Waals surface area contributed by atoms with E-state index in [4.69, 9.17) is 13.3 Å². The van der Waals surface area contributed by atoms with Crippen LogP contribution in [0.15, 0.2) is 18.3 Å². The van der Waals surface area contributed by atoms with Crippen molar-refractivity contribution in [1.82, 2.24) is 4.57 Å². The topological polar surface area (TPSA) is 66.8 Å². The highest BCUT2D eigenvalue weighted by Gasteiger charge is 2.39. The smallest absolute Gasteiger partial charge is 0.376 e. The highest BCUT2D eigenvalue weighted by molar-refractivity contribution is 6.59. The maximum Gasteiger partial charge on any atom is 0.521 e. The zero-order chi connectivity index (χ0) is 12.9. The molecule has 0 spiro atoms. The number of carbonyl (C=O) groups is 2. The molecule has 1 aromatic rings. The maximum absolute atomic E-state index is 11.4. The van der Waals surface area contributed by atoms with E-state index in [1.807, 2.05) is 0 Å². The van der Waals surface area contributed by atoms with E-state index in [1.54, 1.807) is 22.9 Å². The average molecular weight is 257 g/mol. The molecule has 1 rings (SSSR count). The molecule has 0 radical (unpaired) electrons. The molecule has 0 N–H and O–H groups in total. The van der Waals surface area contributed by atoms with E-state index in [2.05, 4.69) is 0 Å². The number of nitrogens with zero attached hydrogens (tertiary/aromatic N) is 1. The first-order valence-corrected chi connectivity index (χ1v) is 6.85. The summed E-state index contributed by atoms with van der Waals surface area (Å²) >= 11 is 0. The monoisotopic (exact) mass is 257 g/mol. The van der Waals surface area contributed by atoms with Crippen molar-refractivity contribution in [1.29, 1.82) is 0 Å². The third kappa shape index (κ3) is 2.89. The van der Waals surface area contributed by atoms with Crippen LogP contribution in [0.2, 0.25) is 0 Å². The number of hydrogen-bond acceptors (Lipinski definition) is 5. The van der Waals surface area contributed by atoms with Crippen LogP contribution in [-0.4, -0.2) is 46.8 Å². The van der Waals surface area contributed by atoms with Gasteiger partial charge in [-0.25, -0.2) is 0 Å². The zero-order valence-electron chi connectivity index (χ0n) is 10.0. The largest absolute Gasteiger partial charge is 0.521 e. The Kier molecular flexibility index (Phi) is 4.76. The van der Waals surface area contributed by atoms with Crippen LogP contribution in [0.5, 0.6) is 0 Å². The fourth-order valence-corrected chi connectivity index (χ4v) is 3.07. The van der Waals surface area contributed by atoms with E-state index >= 15 is 0 Å². The number of carbonyl (C=O) groups excluding carboxylic acids is 2. The van der Waals surface area contributed by atoms with E-state index in [9.17, 15) is 9.59 Å². The molecule has 0 aliphatic carbocycles. The minimum Gasteiger partial charge on any atom is -0.376 e. The lowest BCUT2D eigenvalue weighted by atomic mass is 10.3. The molecule has 0 aliphatic heterocycles. The maximum atomic E-state index is 11.4. The summed E-state index contributed by atoms with van der Waals surface area (Å²) in [6.07, 6.45) is 2.23. The molecule has 0 bridgehead atoms. The van der Waals surface area contributed by atoms with Gasteiger partial charge in [-0.05, 0) is 12.1 Å². The lowest BCUT2D eigenvalue weighted by Gasteiger charge is -2.25. The van der Waals surface area contributed by atoms with Crippen molar-refractivity contribution in [3.63, 3.8) is 0 Å². The predicted octanol–water partition coefficient (Wildman–Crippen LogP) is 0.287. The molecule has 0 aromatic carbocycles. The Bertz CT molecular complexity index is 391. The van der Waals surface area contributed by atoms with Crippen LogP contribution >= 0.6 is 0 Å². The average Bonchev–Trinajstić information content (AvgIpc) is 2.83. The van der Waals surface area contributed by atoms with Gasteiger partial charge in [0.25, 0.3) is 0 Å². The standard InChI is InChI=1S/C10H15NO5Si/c1-14-17(15-2,16-3)8-11-6-4-5-9(11)10(13)7-12/h4-7H,8H2,1-3H3. The molecule has 0 saturated carbocycles. The number of hydrogen-bond donors (Lipinski definition) is 0. The second-order valence-corrected chi connectivity index (χ2v) is 6.21. The highest BCUT2D eigenvalue weighted by Crippen LogP contribution is 2.12. The first-order valence-electron chi connectivity index (χ1n) is 4.92. The Morgan fingerprint density at radius 1 is 1.35 bits per heavy atom. The van der Waals surface area contributed by atoms with Crippen LogP contribution in [-0.2, 0) is 24.2 Å². The van der Waals surface area contributed by atoms with Gasteiger partial charge >= 0.3 is 8.80 Å². The van der Waals surface area contributed by atoms with Crippen molar-refractivity contribution >= 4 is 20.9 Å². The van der Waals surface area contributed by atoms with Gasteiger partial charge in [-0.15, -0.1) is 0 Å². The number of ketones is 1. The van der Waals surface area contributed by atoms with Gasteiger partial charge in [0, 0.05) is 27.5 Å². The van der Waals surface area contributed by atoms with Gasteiger partial charge in [-0.2, -0.15) is 0 Å². The van der Waals surface area contributed by atoms with Crippen molar-refractivity contribution in [2.45, 2.75) is 6.17 Å². The molecule has 7 heteroatoms. The highest BCUT2D eigenvalue weighted by atomic mass is 28.4. The van der Waals surface area contributed by atoms with Crippen molar-refractivity contribution in [3.05, 3.63) is 24.0 Å². The number of aromatic nitrogens is 1. The summed E-state index contributed by atoms with van der Waals surface area (Å²) in [6.45, 7) is 0. The van der Waals surface area contributed by atoms with Gasteiger partial charge in [0.15, 0.2) is 6.29 Å². The third-order valence-electron chi connectivity index (χ3n) is 2.49. The molecule has 94 valence electrons. The van der Waals surface area contributed by atoms with Crippen LogP contribution in [0.3, 0.4) is 0 Å². The molecular formula is C10H15NO5Si. The van der Waals surface area contributed by atoms with Crippen molar-refractivity contribution in [3.8, 4) is 0 Å². The van der Waals surface area contributed by atoms with Gasteiger partial charge < -0.3 is 17.8 Å². The molecule has 0 fully saturated rings. The second kappa shape index (κ2) is 5.87.